The highest BCUT2D eigenvalue weighted by atomic mass is 28.4. The summed E-state index contributed by atoms with van der Waals surface area (Å²) in [7, 11) is -3.87. The third kappa shape index (κ3) is 4.73. The minimum absolute atomic E-state index is 0.138. The molecular formula is C22H40O3Si2. The van der Waals surface area contributed by atoms with Gasteiger partial charge in [0.05, 0.1) is 0 Å². The second-order valence-corrected chi connectivity index (χ2v) is 20.4. The van der Waals surface area contributed by atoms with Gasteiger partial charge in [0.25, 0.3) is 8.32 Å². The van der Waals surface area contributed by atoms with E-state index in [1.54, 1.807) is 0 Å². The summed E-state index contributed by atoms with van der Waals surface area (Å²) in [5, 5.41) is 0.299. The van der Waals surface area contributed by atoms with Crippen LogP contribution < -0.4 is 13.6 Å². The molecule has 0 aromatic heterocycles. The molecule has 1 heterocycles. The molecule has 0 saturated carbocycles. The molecule has 1 aliphatic heterocycles. The zero-order valence-corrected chi connectivity index (χ0v) is 21.4. The zero-order valence-electron chi connectivity index (χ0n) is 19.4. The first-order chi connectivity index (χ1) is 12.1. The minimum atomic E-state index is -1.96. The lowest BCUT2D eigenvalue weighted by Crippen LogP contribution is -2.44. The Balaban J connectivity index is 2.45. The highest BCUT2D eigenvalue weighted by Gasteiger charge is 2.42. The van der Waals surface area contributed by atoms with Gasteiger partial charge in [0.15, 0.2) is 11.5 Å². The van der Waals surface area contributed by atoms with Gasteiger partial charge in [0.2, 0.25) is 8.32 Å². The van der Waals surface area contributed by atoms with E-state index in [1.807, 2.05) is 0 Å². The van der Waals surface area contributed by atoms with Crippen molar-refractivity contribution in [2.75, 3.05) is 0 Å². The van der Waals surface area contributed by atoms with Crippen LogP contribution in [-0.4, -0.2) is 22.7 Å². The van der Waals surface area contributed by atoms with Gasteiger partial charge in [-0.25, -0.2) is 0 Å². The molecule has 0 spiro atoms. The van der Waals surface area contributed by atoms with Gasteiger partial charge in [-0.3, -0.25) is 0 Å². The van der Waals surface area contributed by atoms with Crippen LogP contribution in [0.2, 0.25) is 36.3 Å². The molecule has 5 heteroatoms. The second kappa shape index (κ2) is 7.14. The van der Waals surface area contributed by atoms with Crippen molar-refractivity contribution in [1.29, 1.82) is 0 Å². The van der Waals surface area contributed by atoms with Crippen molar-refractivity contribution in [3.8, 4) is 17.2 Å². The Hall–Kier alpha value is -0.946. The number of fused-ring (bicyclic) bond motifs is 1. The van der Waals surface area contributed by atoms with Crippen LogP contribution in [0.25, 0.3) is 0 Å². The monoisotopic (exact) mass is 408 g/mol. The van der Waals surface area contributed by atoms with Crippen molar-refractivity contribution in [3.05, 3.63) is 17.7 Å². The smallest absolute Gasteiger partial charge is 0.250 e. The van der Waals surface area contributed by atoms with E-state index in [0.29, 0.717) is 0 Å². The first kappa shape index (κ1) is 22.3. The van der Waals surface area contributed by atoms with Gasteiger partial charge in [-0.1, -0.05) is 48.5 Å². The SMILES string of the molecule is CCC1Cc2cc(O[Si](C)(C)C(C)(C)C)cc(O[Si](C)(C)C(C)(C)C)c2O1. The number of ether oxygens (including phenoxy) is 1. The molecule has 0 radical (unpaired) electrons. The minimum Gasteiger partial charge on any atom is -0.543 e. The summed E-state index contributed by atoms with van der Waals surface area (Å²) >= 11 is 0. The summed E-state index contributed by atoms with van der Waals surface area (Å²) in [6.45, 7) is 25.0. The van der Waals surface area contributed by atoms with Crippen LogP contribution in [0.15, 0.2) is 12.1 Å². The average molecular weight is 409 g/mol. The molecule has 1 aromatic rings. The Bertz CT molecular complexity index is 682. The standard InChI is InChI=1S/C22H40O3Si2/c1-12-17-13-16-14-18(24-26(8,9)21(2,3)4)15-19(20(16)23-17)25-27(10,11)22(5,6)7/h14-15,17H,12-13H2,1-11H3. The third-order valence-corrected chi connectivity index (χ3v) is 15.3. The van der Waals surface area contributed by atoms with E-state index < -0.39 is 16.6 Å². The maximum Gasteiger partial charge on any atom is 0.250 e. The van der Waals surface area contributed by atoms with Crippen molar-refractivity contribution in [1.82, 2.24) is 0 Å². The van der Waals surface area contributed by atoms with Gasteiger partial charge in [0.1, 0.15) is 11.9 Å². The van der Waals surface area contributed by atoms with Crippen molar-refractivity contribution in [2.24, 2.45) is 0 Å². The molecule has 0 amide bonds. The fourth-order valence-electron chi connectivity index (χ4n) is 2.61. The lowest BCUT2D eigenvalue weighted by atomic mass is 10.1. The zero-order chi connectivity index (χ0) is 20.8. The van der Waals surface area contributed by atoms with Crippen molar-refractivity contribution in [2.45, 2.75) is 104 Å². The van der Waals surface area contributed by atoms with Crippen LogP contribution in [0.5, 0.6) is 17.2 Å². The topological polar surface area (TPSA) is 27.7 Å². The Morgan fingerprint density at radius 3 is 1.93 bits per heavy atom. The molecule has 1 unspecified atom stereocenters. The molecular weight excluding hydrogens is 368 g/mol. The summed E-state index contributed by atoms with van der Waals surface area (Å²) in [6, 6.07) is 4.27. The lowest BCUT2D eigenvalue weighted by Gasteiger charge is -2.38. The van der Waals surface area contributed by atoms with E-state index in [2.05, 4.69) is 86.8 Å². The summed E-state index contributed by atoms with van der Waals surface area (Å²) in [5.74, 6) is 2.76. The van der Waals surface area contributed by atoms with Crippen LogP contribution in [-0.2, 0) is 6.42 Å². The quantitative estimate of drug-likeness (QED) is 0.483. The van der Waals surface area contributed by atoms with E-state index in [0.717, 1.165) is 30.1 Å². The largest absolute Gasteiger partial charge is 0.543 e. The molecule has 1 aromatic carbocycles. The van der Waals surface area contributed by atoms with Gasteiger partial charge in [-0.15, -0.1) is 0 Å². The molecule has 1 aliphatic rings. The summed E-state index contributed by atoms with van der Waals surface area (Å²) < 4.78 is 19.6. The highest BCUT2D eigenvalue weighted by Crippen LogP contribution is 2.47. The van der Waals surface area contributed by atoms with Crippen LogP contribution >= 0.6 is 0 Å². The van der Waals surface area contributed by atoms with E-state index in [-0.39, 0.29) is 16.2 Å². The fourth-order valence-corrected chi connectivity index (χ4v) is 4.63. The van der Waals surface area contributed by atoms with E-state index in [9.17, 15) is 0 Å². The first-order valence-corrected chi connectivity index (χ1v) is 16.1. The predicted molar refractivity (Wildman–Crippen MR) is 121 cm³/mol. The molecule has 0 saturated heterocycles. The van der Waals surface area contributed by atoms with E-state index in [1.165, 1.54) is 5.56 Å². The van der Waals surface area contributed by atoms with Gasteiger partial charge in [0, 0.05) is 18.1 Å². The average Bonchev–Trinajstić information content (AvgIpc) is 2.87. The summed E-state index contributed by atoms with van der Waals surface area (Å²) in [5.41, 5.74) is 1.23. The fraction of sp³-hybridized carbons (Fsp3) is 0.727. The van der Waals surface area contributed by atoms with Crippen LogP contribution in [0.1, 0.15) is 60.5 Å². The van der Waals surface area contributed by atoms with Gasteiger partial charge in [-0.05, 0) is 48.8 Å². The number of rotatable bonds is 5. The molecule has 0 fully saturated rings. The molecule has 154 valence electrons. The van der Waals surface area contributed by atoms with Gasteiger partial charge >= 0.3 is 0 Å². The van der Waals surface area contributed by atoms with Crippen molar-refractivity contribution < 1.29 is 13.6 Å². The number of hydrogen-bond acceptors (Lipinski definition) is 3. The van der Waals surface area contributed by atoms with Crippen molar-refractivity contribution >= 4 is 16.6 Å². The molecule has 0 bridgehead atoms. The number of hydrogen-bond donors (Lipinski definition) is 0. The van der Waals surface area contributed by atoms with Crippen LogP contribution in [0.4, 0.5) is 0 Å². The Kier molecular flexibility index (Phi) is 5.91. The van der Waals surface area contributed by atoms with Crippen LogP contribution in [0.3, 0.4) is 0 Å². The second-order valence-electron chi connectivity index (χ2n) is 11.0. The predicted octanol–water partition coefficient (Wildman–Crippen LogP) is 7.17. The maximum atomic E-state index is 6.69. The normalized spacial score (nSPS) is 18.1. The molecule has 0 N–H and O–H groups in total. The first-order valence-electron chi connectivity index (χ1n) is 10.3. The van der Waals surface area contributed by atoms with E-state index >= 15 is 0 Å². The Morgan fingerprint density at radius 2 is 1.44 bits per heavy atom. The molecule has 2 rings (SSSR count). The molecule has 3 nitrogen and oxygen atoms in total. The molecule has 27 heavy (non-hydrogen) atoms. The van der Waals surface area contributed by atoms with E-state index in [4.69, 9.17) is 13.6 Å². The summed E-state index contributed by atoms with van der Waals surface area (Å²) in [6.07, 6.45) is 2.19. The maximum absolute atomic E-state index is 6.69. The van der Waals surface area contributed by atoms with Gasteiger partial charge < -0.3 is 13.6 Å². The highest BCUT2D eigenvalue weighted by molar-refractivity contribution is 6.75. The van der Waals surface area contributed by atoms with Crippen molar-refractivity contribution in [3.63, 3.8) is 0 Å². The Morgan fingerprint density at radius 1 is 0.926 bits per heavy atom. The molecule has 0 aliphatic carbocycles. The molecule has 1 atom stereocenters. The summed E-state index contributed by atoms with van der Waals surface area (Å²) in [4.78, 5) is 0. The van der Waals surface area contributed by atoms with Crippen LogP contribution in [0, 0.1) is 0 Å². The number of benzene rings is 1. The lowest BCUT2D eigenvalue weighted by molar-refractivity contribution is 0.223. The third-order valence-electron chi connectivity index (χ3n) is 6.64. The Labute approximate surface area is 169 Å². The van der Waals surface area contributed by atoms with Gasteiger partial charge in [-0.2, -0.15) is 0 Å².